The molecule has 0 spiro atoms. The van der Waals surface area contributed by atoms with Gasteiger partial charge in [-0.25, -0.2) is 0 Å². The average molecular weight is 241 g/mol. The van der Waals surface area contributed by atoms with E-state index >= 15 is 0 Å². The van der Waals surface area contributed by atoms with E-state index < -0.39 is 19.2 Å². The van der Waals surface area contributed by atoms with Crippen molar-refractivity contribution in [2.24, 2.45) is 5.73 Å². The van der Waals surface area contributed by atoms with Gasteiger partial charge in [0.15, 0.2) is 0 Å². The third-order valence-corrected chi connectivity index (χ3v) is 3.87. The molecule has 1 rings (SSSR count). The van der Waals surface area contributed by atoms with Crippen LogP contribution in [0.1, 0.15) is 5.56 Å². The van der Waals surface area contributed by atoms with Crippen LogP contribution in [0.15, 0.2) is 24.3 Å². The lowest BCUT2D eigenvalue weighted by molar-refractivity contribution is -0.138. The number of carboxylic acid groups (broad SMARTS) is 1. The van der Waals surface area contributed by atoms with Crippen LogP contribution < -0.4 is 11.0 Å². The Kier molecular flexibility index (Phi) is 3.89. The van der Waals surface area contributed by atoms with Crippen molar-refractivity contribution in [1.82, 2.24) is 0 Å². The molecule has 0 heterocycles. The van der Waals surface area contributed by atoms with Gasteiger partial charge in [-0.2, -0.15) is 0 Å². The largest absolute Gasteiger partial charge is 0.480 e. The molecule has 0 saturated carbocycles. The lowest BCUT2D eigenvalue weighted by Crippen LogP contribution is -2.32. The number of nitrogens with two attached hydrogens (primary N) is 1. The third-order valence-electron chi connectivity index (χ3n) is 2.33. The third kappa shape index (κ3) is 3.47. The molecule has 0 amide bonds. The Labute approximate surface area is 94.8 Å². The predicted molar refractivity (Wildman–Crippen MR) is 64.8 cm³/mol. The van der Waals surface area contributed by atoms with Crippen LogP contribution in [0.3, 0.4) is 0 Å². The van der Waals surface area contributed by atoms with Gasteiger partial charge in [-0.05, 0) is 25.3 Å². The maximum Gasteiger partial charge on any atom is 0.320 e. The molecule has 0 aliphatic carbocycles. The van der Waals surface area contributed by atoms with Crippen LogP contribution in [0.4, 0.5) is 0 Å². The molecule has 0 radical (unpaired) electrons. The van der Waals surface area contributed by atoms with E-state index in [1.54, 1.807) is 37.6 Å². The first kappa shape index (κ1) is 12.9. The van der Waals surface area contributed by atoms with Crippen LogP contribution in [0.25, 0.3) is 0 Å². The van der Waals surface area contributed by atoms with Crippen molar-refractivity contribution in [3.8, 4) is 0 Å². The molecule has 1 atom stereocenters. The van der Waals surface area contributed by atoms with E-state index in [1.165, 1.54) is 0 Å². The van der Waals surface area contributed by atoms with Crippen molar-refractivity contribution in [2.45, 2.75) is 12.5 Å². The van der Waals surface area contributed by atoms with Gasteiger partial charge in [-0.15, -0.1) is 0 Å². The Balaban J connectivity index is 2.80. The zero-order chi connectivity index (χ0) is 12.3. The SMILES string of the molecule is CP(C)(=O)c1ccc(CC(N)C(=O)O)cc1. The number of aliphatic carboxylic acids is 1. The smallest absolute Gasteiger partial charge is 0.320 e. The molecule has 0 aromatic heterocycles. The highest BCUT2D eigenvalue weighted by Crippen LogP contribution is 2.34. The predicted octanol–water partition coefficient (Wildman–Crippen LogP) is 0.889. The molecule has 4 nitrogen and oxygen atoms in total. The Hall–Kier alpha value is -1.12. The summed E-state index contributed by atoms with van der Waals surface area (Å²) in [5.74, 6) is -1.01. The highest BCUT2D eigenvalue weighted by Gasteiger charge is 2.13. The maximum atomic E-state index is 11.7. The van der Waals surface area contributed by atoms with Crippen LogP contribution in [-0.2, 0) is 15.8 Å². The topological polar surface area (TPSA) is 80.4 Å². The Morgan fingerprint density at radius 2 is 1.88 bits per heavy atom. The first-order valence-corrected chi connectivity index (χ1v) is 7.53. The monoisotopic (exact) mass is 241 g/mol. The van der Waals surface area contributed by atoms with Crippen LogP contribution >= 0.6 is 7.14 Å². The number of carbonyl (C=O) groups is 1. The lowest BCUT2D eigenvalue weighted by Gasteiger charge is -2.09. The maximum absolute atomic E-state index is 11.7. The Morgan fingerprint density at radius 3 is 2.25 bits per heavy atom. The van der Waals surface area contributed by atoms with Crippen molar-refractivity contribution < 1.29 is 14.5 Å². The second-order valence-corrected chi connectivity index (χ2v) is 7.38. The molecule has 1 aromatic rings. The quantitative estimate of drug-likeness (QED) is 0.767. The van der Waals surface area contributed by atoms with Crippen molar-refractivity contribution >= 4 is 18.4 Å². The normalized spacial score (nSPS) is 13.4. The molecule has 1 unspecified atom stereocenters. The molecule has 1 aromatic carbocycles. The van der Waals surface area contributed by atoms with Crippen LogP contribution in [-0.4, -0.2) is 30.4 Å². The molecule has 3 N–H and O–H groups in total. The van der Waals surface area contributed by atoms with Crippen LogP contribution in [0.5, 0.6) is 0 Å². The summed E-state index contributed by atoms with van der Waals surface area (Å²) in [6, 6.07) is 6.20. The van der Waals surface area contributed by atoms with Gasteiger partial charge in [-0.3, -0.25) is 4.79 Å². The molecule has 16 heavy (non-hydrogen) atoms. The van der Waals surface area contributed by atoms with Crippen LogP contribution in [0, 0.1) is 0 Å². The van der Waals surface area contributed by atoms with Gasteiger partial charge < -0.3 is 15.4 Å². The number of rotatable bonds is 4. The van der Waals surface area contributed by atoms with E-state index in [9.17, 15) is 9.36 Å². The summed E-state index contributed by atoms with van der Waals surface area (Å²) in [6.07, 6.45) is 0.285. The highest BCUT2D eigenvalue weighted by atomic mass is 31.2. The van der Waals surface area contributed by atoms with Gasteiger partial charge in [0.05, 0.1) is 0 Å². The summed E-state index contributed by atoms with van der Waals surface area (Å²) < 4.78 is 11.7. The molecule has 0 saturated heterocycles. The minimum Gasteiger partial charge on any atom is -0.480 e. The molecule has 0 aliphatic heterocycles. The zero-order valence-electron chi connectivity index (χ0n) is 9.38. The first-order chi connectivity index (χ1) is 7.30. The molecule has 0 aliphatic rings. The van der Waals surface area contributed by atoms with E-state index in [-0.39, 0.29) is 6.42 Å². The summed E-state index contributed by atoms with van der Waals surface area (Å²) in [5, 5.41) is 9.45. The van der Waals surface area contributed by atoms with E-state index in [0.717, 1.165) is 10.9 Å². The van der Waals surface area contributed by atoms with Crippen LogP contribution in [0.2, 0.25) is 0 Å². The van der Waals surface area contributed by atoms with E-state index in [0.29, 0.717) is 0 Å². The fourth-order valence-electron chi connectivity index (χ4n) is 1.33. The van der Waals surface area contributed by atoms with Crippen molar-refractivity contribution in [1.29, 1.82) is 0 Å². The number of hydrogen-bond donors (Lipinski definition) is 2. The standard InChI is InChI=1S/C11H16NO3P/c1-16(2,15)9-5-3-8(4-6-9)7-10(12)11(13)14/h3-6,10H,7,12H2,1-2H3,(H,13,14). The van der Waals surface area contributed by atoms with Gasteiger partial charge in [0, 0.05) is 5.30 Å². The average Bonchev–Trinajstić information content (AvgIpc) is 2.17. The van der Waals surface area contributed by atoms with Crippen molar-refractivity contribution in [3.63, 3.8) is 0 Å². The highest BCUT2D eigenvalue weighted by molar-refractivity contribution is 7.70. The summed E-state index contributed by atoms with van der Waals surface area (Å²) in [6.45, 7) is 3.40. The first-order valence-electron chi connectivity index (χ1n) is 4.93. The molecule has 5 heteroatoms. The zero-order valence-corrected chi connectivity index (χ0v) is 10.3. The fraction of sp³-hybridized carbons (Fsp3) is 0.364. The second-order valence-electron chi connectivity index (χ2n) is 4.17. The fourth-order valence-corrected chi connectivity index (χ4v) is 2.20. The lowest BCUT2D eigenvalue weighted by atomic mass is 10.1. The number of hydrogen-bond acceptors (Lipinski definition) is 3. The van der Waals surface area contributed by atoms with Crippen molar-refractivity contribution in [2.75, 3.05) is 13.3 Å². The van der Waals surface area contributed by atoms with Gasteiger partial charge in [-0.1, -0.05) is 24.3 Å². The van der Waals surface area contributed by atoms with Gasteiger partial charge in [0.2, 0.25) is 0 Å². The number of benzene rings is 1. The molecular formula is C11H16NO3P. The Bertz CT molecular complexity index is 421. The van der Waals surface area contributed by atoms with Crippen molar-refractivity contribution in [3.05, 3.63) is 29.8 Å². The summed E-state index contributed by atoms with van der Waals surface area (Å²) in [7, 11) is -2.24. The molecule has 0 fully saturated rings. The van der Waals surface area contributed by atoms with E-state index in [4.69, 9.17) is 10.8 Å². The van der Waals surface area contributed by atoms with E-state index in [1.807, 2.05) is 0 Å². The van der Waals surface area contributed by atoms with Gasteiger partial charge in [0.25, 0.3) is 0 Å². The Morgan fingerprint density at radius 1 is 1.38 bits per heavy atom. The minimum absolute atomic E-state index is 0.285. The second kappa shape index (κ2) is 4.81. The molecular weight excluding hydrogens is 225 g/mol. The summed E-state index contributed by atoms with van der Waals surface area (Å²) in [5.41, 5.74) is 6.26. The van der Waals surface area contributed by atoms with E-state index in [2.05, 4.69) is 0 Å². The summed E-state index contributed by atoms with van der Waals surface area (Å²) in [4.78, 5) is 10.6. The molecule has 0 bridgehead atoms. The molecule has 88 valence electrons. The summed E-state index contributed by atoms with van der Waals surface area (Å²) >= 11 is 0. The minimum atomic E-state index is -2.24. The van der Waals surface area contributed by atoms with Gasteiger partial charge in [0.1, 0.15) is 13.2 Å². The van der Waals surface area contributed by atoms with Gasteiger partial charge >= 0.3 is 5.97 Å². The number of carboxylic acids is 1.